The van der Waals surface area contributed by atoms with E-state index in [0.717, 1.165) is 30.4 Å². The van der Waals surface area contributed by atoms with Crippen LogP contribution in [0.1, 0.15) is 26.2 Å². The van der Waals surface area contributed by atoms with Crippen molar-refractivity contribution in [3.8, 4) is 11.1 Å². The maximum Gasteiger partial charge on any atom is 0.241 e. The van der Waals surface area contributed by atoms with Gasteiger partial charge in [0.25, 0.3) is 0 Å². The predicted octanol–water partition coefficient (Wildman–Crippen LogP) is 3.82. The SMILES string of the molecule is CCCCCNS(=O)(=O)c1ccccc1-c1ccccc1. The van der Waals surface area contributed by atoms with Gasteiger partial charge in [0.1, 0.15) is 0 Å². The highest BCUT2D eigenvalue weighted by atomic mass is 32.2. The molecule has 0 unspecified atom stereocenters. The Kier molecular flexibility index (Phi) is 5.53. The molecule has 1 N–H and O–H groups in total. The van der Waals surface area contributed by atoms with Crippen LogP contribution in [0.3, 0.4) is 0 Å². The Balaban J connectivity index is 2.28. The molecular weight excluding hydrogens is 282 g/mol. The molecule has 0 saturated carbocycles. The molecule has 112 valence electrons. The summed E-state index contributed by atoms with van der Waals surface area (Å²) >= 11 is 0. The van der Waals surface area contributed by atoms with E-state index in [0.29, 0.717) is 11.4 Å². The van der Waals surface area contributed by atoms with Gasteiger partial charge in [0.05, 0.1) is 4.90 Å². The van der Waals surface area contributed by atoms with E-state index in [-0.39, 0.29) is 0 Å². The van der Waals surface area contributed by atoms with Gasteiger partial charge in [-0.1, -0.05) is 68.3 Å². The van der Waals surface area contributed by atoms with Gasteiger partial charge in [0.2, 0.25) is 10.0 Å². The van der Waals surface area contributed by atoms with Crippen LogP contribution in [0.5, 0.6) is 0 Å². The number of benzene rings is 2. The zero-order valence-electron chi connectivity index (χ0n) is 12.2. The highest BCUT2D eigenvalue weighted by Gasteiger charge is 2.18. The van der Waals surface area contributed by atoms with Crippen LogP contribution in [-0.2, 0) is 10.0 Å². The van der Waals surface area contributed by atoms with Gasteiger partial charge >= 0.3 is 0 Å². The molecule has 0 saturated heterocycles. The van der Waals surface area contributed by atoms with Crippen molar-refractivity contribution < 1.29 is 8.42 Å². The Labute approximate surface area is 127 Å². The number of hydrogen-bond donors (Lipinski definition) is 1. The van der Waals surface area contributed by atoms with Crippen molar-refractivity contribution in [1.29, 1.82) is 0 Å². The molecule has 0 fully saturated rings. The number of hydrogen-bond acceptors (Lipinski definition) is 2. The van der Waals surface area contributed by atoms with Gasteiger partial charge in [-0.2, -0.15) is 0 Å². The zero-order chi connectivity index (χ0) is 15.1. The first-order chi connectivity index (χ1) is 10.1. The minimum absolute atomic E-state index is 0.340. The van der Waals surface area contributed by atoms with E-state index < -0.39 is 10.0 Å². The second-order valence-corrected chi connectivity index (χ2v) is 6.70. The van der Waals surface area contributed by atoms with Crippen molar-refractivity contribution in [2.24, 2.45) is 0 Å². The molecule has 3 nitrogen and oxygen atoms in total. The van der Waals surface area contributed by atoms with E-state index in [1.54, 1.807) is 12.1 Å². The monoisotopic (exact) mass is 303 g/mol. The molecule has 0 aromatic heterocycles. The summed E-state index contributed by atoms with van der Waals surface area (Å²) in [7, 11) is -3.47. The van der Waals surface area contributed by atoms with E-state index in [1.807, 2.05) is 42.5 Å². The van der Waals surface area contributed by atoms with Crippen LogP contribution in [0, 0.1) is 0 Å². The van der Waals surface area contributed by atoms with Crippen molar-refractivity contribution in [2.75, 3.05) is 6.54 Å². The largest absolute Gasteiger partial charge is 0.241 e. The maximum absolute atomic E-state index is 12.5. The van der Waals surface area contributed by atoms with Crippen molar-refractivity contribution in [3.63, 3.8) is 0 Å². The minimum Gasteiger partial charge on any atom is -0.211 e. The Morgan fingerprint density at radius 1 is 0.905 bits per heavy atom. The maximum atomic E-state index is 12.5. The van der Waals surface area contributed by atoms with E-state index in [4.69, 9.17) is 0 Å². The normalized spacial score (nSPS) is 11.5. The van der Waals surface area contributed by atoms with Gasteiger partial charge in [-0.15, -0.1) is 0 Å². The van der Waals surface area contributed by atoms with Crippen LogP contribution >= 0.6 is 0 Å². The lowest BCUT2D eigenvalue weighted by Crippen LogP contribution is -2.25. The summed E-state index contributed by atoms with van der Waals surface area (Å²) in [5.41, 5.74) is 1.65. The van der Waals surface area contributed by atoms with Gasteiger partial charge in [-0.05, 0) is 18.1 Å². The summed E-state index contributed by atoms with van der Waals surface area (Å²) in [5.74, 6) is 0. The molecule has 4 heteroatoms. The quantitative estimate of drug-likeness (QED) is 0.790. The average molecular weight is 303 g/mol. The number of unbranched alkanes of at least 4 members (excludes halogenated alkanes) is 2. The van der Waals surface area contributed by atoms with Crippen molar-refractivity contribution >= 4 is 10.0 Å². The minimum atomic E-state index is -3.47. The topological polar surface area (TPSA) is 46.2 Å². The molecule has 0 atom stereocenters. The predicted molar refractivity (Wildman–Crippen MR) is 86.6 cm³/mol. The Morgan fingerprint density at radius 3 is 2.29 bits per heavy atom. The zero-order valence-corrected chi connectivity index (χ0v) is 13.1. The molecule has 0 bridgehead atoms. The fraction of sp³-hybridized carbons (Fsp3) is 0.294. The number of nitrogens with one attached hydrogen (secondary N) is 1. The molecule has 0 aliphatic heterocycles. The number of rotatable bonds is 7. The lowest BCUT2D eigenvalue weighted by atomic mass is 10.1. The van der Waals surface area contributed by atoms with E-state index in [2.05, 4.69) is 11.6 Å². The molecule has 2 aromatic carbocycles. The highest BCUT2D eigenvalue weighted by Crippen LogP contribution is 2.26. The lowest BCUT2D eigenvalue weighted by molar-refractivity contribution is 0.576. The van der Waals surface area contributed by atoms with Crippen molar-refractivity contribution in [3.05, 3.63) is 54.6 Å². The molecule has 0 aliphatic carbocycles. The molecule has 0 amide bonds. The van der Waals surface area contributed by atoms with Crippen molar-refractivity contribution in [1.82, 2.24) is 4.72 Å². The van der Waals surface area contributed by atoms with Gasteiger partial charge in [0.15, 0.2) is 0 Å². The summed E-state index contributed by atoms with van der Waals surface area (Å²) in [4.78, 5) is 0.340. The van der Waals surface area contributed by atoms with Gasteiger partial charge in [-0.3, -0.25) is 0 Å². The summed E-state index contributed by atoms with van der Waals surface area (Å²) in [6.45, 7) is 2.58. The molecule has 2 aromatic rings. The van der Waals surface area contributed by atoms with Crippen LogP contribution in [0.4, 0.5) is 0 Å². The van der Waals surface area contributed by atoms with Crippen LogP contribution in [-0.4, -0.2) is 15.0 Å². The summed E-state index contributed by atoms with van der Waals surface area (Å²) in [6.07, 6.45) is 2.97. The first kappa shape index (κ1) is 15.7. The molecule has 21 heavy (non-hydrogen) atoms. The van der Waals surface area contributed by atoms with Crippen LogP contribution in [0.25, 0.3) is 11.1 Å². The fourth-order valence-corrected chi connectivity index (χ4v) is 3.52. The number of sulfonamides is 1. The molecule has 0 spiro atoms. The van der Waals surface area contributed by atoms with Gasteiger partial charge < -0.3 is 0 Å². The standard InChI is InChI=1S/C17H21NO2S/c1-2-3-9-14-18-21(19,20)17-13-8-7-12-16(17)15-10-5-4-6-11-15/h4-8,10-13,18H,2-3,9,14H2,1H3. The third-order valence-corrected chi connectivity index (χ3v) is 4.85. The van der Waals surface area contributed by atoms with E-state index in [9.17, 15) is 8.42 Å². The lowest BCUT2D eigenvalue weighted by Gasteiger charge is -2.11. The Morgan fingerprint density at radius 2 is 1.57 bits per heavy atom. The smallest absolute Gasteiger partial charge is 0.211 e. The fourth-order valence-electron chi connectivity index (χ4n) is 2.22. The van der Waals surface area contributed by atoms with Gasteiger partial charge in [0, 0.05) is 12.1 Å². The van der Waals surface area contributed by atoms with E-state index in [1.165, 1.54) is 0 Å². The van der Waals surface area contributed by atoms with Crippen molar-refractivity contribution in [2.45, 2.75) is 31.1 Å². The van der Waals surface area contributed by atoms with Crippen LogP contribution < -0.4 is 4.72 Å². The molecule has 0 aliphatic rings. The average Bonchev–Trinajstić information content (AvgIpc) is 2.52. The molecular formula is C17H21NO2S. The first-order valence-corrected chi connectivity index (χ1v) is 8.77. The Hall–Kier alpha value is -1.65. The first-order valence-electron chi connectivity index (χ1n) is 7.29. The molecule has 0 radical (unpaired) electrons. The molecule has 0 heterocycles. The molecule has 2 rings (SSSR count). The van der Waals surface area contributed by atoms with Crippen LogP contribution in [0.15, 0.2) is 59.5 Å². The van der Waals surface area contributed by atoms with Crippen LogP contribution in [0.2, 0.25) is 0 Å². The summed E-state index contributed by atoms with van der Waals surface area (Å²) < 4.78 is 27.6. The third kappa shape index (κ3) is 4.16. The highest BCUT2D eigenvalue weighted by molar-refractivity contribution is 7.89. The Bertz CT molecular complexity index is 666. The summed E-state index contributed by atoms with van der Waals surface area (Å²) in [5, 5.41) is 0. The van der Waals surface area contributed by atoms with Gasteiger partial charge in [-0.25, -0.2) is 13.1 Å². The third-order valence-electron chi connectivity index (χ3n) is 3.33. The second kappa shape index (κ2) is 7.38. The van der Waals surface area contributed by atoms with E-state index >= 15 is 0 Å². The second-order valence-electron chi connectivity index (χ2n) is 4.97. The summed E-state index contributed by atoms with van der Waals surface area (Å²) in [6, 6.07) is 16.7.